The maximum absolute atomic E-state index is 14.6. The van der Waals surface area contributed by atoms with Gasteiger partial charge < -0.3 is 0 Å². The molecule has 28 heavy (non-hydrogen) atoms. The summed E-state index contributed by atoms with van der Waals surface area (Å²) in [5.74, 6) is -6.83. The van der Waals surface area contributed by atoms with Crippen LogP contribution >= 0.6 is 0 Å². The maximum Gasteiger partial charge on any atom is 0.197 e. The van der Waals surface area contributed by atoms with Crippen LogP contribution in [0.5, 0.6) is 0 Å². The van der Waals surface area contributed by atoms with Crippen molar-refractivity contribution in [2.24, 2.45) is 0 Å². The van der Waals surface area contributed by atoms with Gasteiger partial charge in [-0.25, -0.2) is 17.6 Å². The highest BCUT2D eigenvalue weighted by molar-refractivity contribution is 5.86. The van der Waals surface area contributed by atoms with Crippen LogP contribution < -0.4 is 0 Å². The van der Waals surface area contributed by atoms with E-state index in [-0.39, 0.29) is 11.1 Å². The second kappa shape index (κ2) is 6.33. The van der Waals surface area contributed by atoms with E-state index >= 15 is 0 Å². The van der Waals surface area contributed by atoms with E-state index in [0.29, 0.717) is 12.8 Å². The van der Waals surface area contributed by atoms with Crippen LogP contribution in [0.4, 0.5) is 17.6 Å². The topological polar surface area (TPSA) is 0 Å². The van der Waals surface area contributed by atoms with Gasteiger partial charge >= 0.3 is 0 Å². The predicted molar refractivity (Wildman–Crippen MR) is 99.9 cm³/mol. The molecule has 0 saturated heterocycles. The molecule has 2 aliphatic rings. The number of hydrogen-bond donors (Lipinski definition) is 0. The number of allylic oxidation sites excluding steroid dienone is 1. The molecule has 1 saturated carbocycles. The number of halogens is 4. The van der Waals surface area contributed by atoms with Gasteiger partial charge in [0.15, 0.2) is 23.3 Å². The van der Waals surface area contributed by atoms with Gasteiger partial charge in [-0.3, -0.25) is 0 Å². The summed E-state index contributed by atoms with van der Waals surface area (Å²) < 4.78 is 57.2. The van der Waals surface area contributed by atoms with Crippen LogP contribution in [-0.4, -0.2) is 0 Å². The zero-order chi connectivity index (χ0) is 19.4. The molecule has 0 nitrogen and oxygen atoms in total. The highest BCUT2D eigenvalue weighted by Crippen LogP contribution is 2.61. The zero-order valence-electron chi connectivity index (χ0n) is 14.9. The summed E-state index contributed by atoms with van der Waals surface area (Å²) in [5.41, 5.74) is 3.59. The first kappa shape index (κ1) is 17.2. The quantitative estimate of drug-likeness (QED) is 0.263. The number of hydrogen-bond acceptors (Lipinski definition) is 0. The van der Waals surface area contributed by atoms with Gasteiger partial charge in [-0.15, -0.1) is 0 Å². The van der Waals surface area contributed by atoms with Gasteiger partial charge in [0.05, 0.1) is 0 Å². The minimum atomic E-state index is -1.72. The third-order valence-electron chi connectivity index (χ3n) is 5.95. The van der Waals surface area contributed by atoms with Gasteiger partial charge in [-0.1, -0.05) is 60.7 Å². The molecule has 0 radical (unpaired) electrons. The van der Waals surface area contributed by atoms with Gasteiger partial charge in [0.25, 0.3) is 0 Å². The van der Waals surface area contributed by atoms with Crippen LogP contribution in [0.1, 0.15) is 46.9 Å². The van der Waals surface area contributed by atoms with Crippen LogP contribution in [0.3, 0.4) is 0 Å². The fourth-order valence-corrected chi connectivity index (χ4v) is 4.89. The van der Waals surface area contributed by atoms with E-state index in [1.807, 2.05) is 60.7 Å². The molecule has 0 amide bonds. The van der Waals surface area contributed by atoms with Crippen molar-refractivity contribution in [3.05, 3.63) is 112 Å². The van der Waals surface area contributed by atoms with Crippen molar-refractivity contribution in [1.29, 1.82) is 0 Å². The molecule has 2 bridgehead atoms. The first-order valence-electron chi connectivity index (χ1n) is 9.30. The van der Waals surface area contributed by atoms with Crippen LogP contribution in [0.25, 0.3) is 5.57 Å². The molecule has 5 rings (SSSR count). The van der Waals surface area contributed by atoms with Crippen molar-refractivity contribution in [2.45, 2.75) is 24.7 Å². The number of rotatable bonds is 2. The van der Waals surface area contributed by atoms with E-state index in [4.69, 9.17) is 0 Å². The fraction of sp³-hybridized carbons (Fsp3) is 0.167. The lowest BCUT2D eigenvalue weighted by Gasteiger charge is -2.16. The molecule has 0 aliphatic heterocycles. The average Bonchev–Trinajstić information content (AvgIpc) is 3.28. The molecule has 4 heteroatoms. The first-order chi connectivity index (χ1) is 13.6. The van der Waals surface area contributed by atoms with Crippen molar-refractivity contribution < 1.29 is 17.6 Å². The number of fused-ring (bicyclic) bond motifs is 5. The van der Waals surface area contributed by atoms with Crippen LogP contribution in [0, 0.1) is 23.3 Å². The molecular weight excluding hydrogens is 364 g/mol. The lowest BCUT2D eigenvalue weighted by atomic mass is 9.87. The van der Waals surface area contributed by atoms with Gasteiger partial charge in [0.2, 0.25) is 0 Å². The molecule has 2 unspecified atom stereocenters. The van der Waals surface area contributed by atoms with E-state index in [2.05, 4.69) is 0 Å². The predicted octanol–water partition coefficient (Wildman–Crippen LogP) is 6.72. The standard InChI is InChI=1S/C24H16F4/c25-21-19-15-11-12-16(20(19)22(26)24(28)23(21)27)18(15)17(13-7-3-1-4-8-13)14-9-5-2-6-10-14/h1-10,15-16H,11-12H2. The van der Waals surface area contributed by atoms with E-state index in [1.165, 1.54) is 0 Å². The Balaban J connectivity index is 1.83. The van der Waals surface area contributed by atoms with E-state index in [1.54, 1.807) is 0 Å². The SMILES string of the molecule is Fc1c(F)c(F)c2c(c1F)C1CCC2C1=C(c1ccccc1)c1ccccc1. The molecule has 0 N–H and O–H groups in total. The summed E-state index contributed by atoms with van der Waals surface area (Å²) in [7, 11) is 0. The van der Waals surface area contributed by atoms with Crippen molar-refractivity contribution in [3.8, 4) is 0 Å². The Morgan fingerprint density at radius 3 is 1.36 bits per heavy atom. The average molecular weight is 380 g/mol. The van der Waals surface area contributed by atoms with Gasteiger partial charge in [0.1, 0.15) is 0 Å². The summed E-state index contributed by atoms with van der Waals surface area (Å²) in [6.07, 6.45) is 1.19. The summed E-state index contributed by atoms with van der Waals surface area (Å²) in [6.45, 7) is 0. The largest absolute Gasteiger partial charge is 0.203 e. The Hall–Kier alpha value is -2.88. The molecule has 140 valence electrons. The minimum absolute atomic E-state index is 0.00740. The minimum Gasteiger partial charge on any atom is -0.203 e. The Morgan fingerprint density at radius 2 is 0.964 bits per heavy atom. The normalized spacial score (nSPS) is 19.8. The molecule has 3 aromatic carbocycles. The Bertz CT molecular complexity index is 1010. The van der Waals surface area contributed by atoms with E-state index in [0.717, 1.165) is 22.3 Å². The molecule has 2 aliphatic carbocycles. The zero-order valence-corrected chi connectivity index (χ0v) is 14.9. The molecule has 1 fully saturated rings. The highest BCUT2D eigenvalue weighted by Gasteiger charge is 2.48. The second-order valence-electron chi connectivity index (χ2n) is 7.33. The summed E-state index contributed by atoms with van der Waals surface area (Å²) in [5, 5.41) is 0. The third-order valence-corrected chi connectivity index (χ3v) is 5.95. The Morgan fingerprint density at radius 1 is 0.571 bits per heavy atom. The van der Waals surface area contributed by atoms with Crippen LogP contribution in [0.2, 0.25) is 0 Å². The molecule has 2 atom stereocenters. The highest BCUT2D eigenvalue weighted by atomic mass is 19.2. The van der Waals surface area contributed by atoms with Gasteiger partial charge in [0, 0.05) is 23.0 Å². The third kappa shape index (κ3) is 2.30. The molecule has 0 spiro atoms. The molecule has 0 heterocycles. The summed E-state index contributed by atoms with van der Waals surface area (Å²) in [4.78, 5) is 0. The second-order valence-corrected chi connectivity index (χ2v) is 7.33. The lowest BCUT2D eigenvalue weighted by Crippen LogP contribution is -2.09. The lowest BCUT2D eigenvalue weighted by molar-refractivity contribution is 0.394. The van der Waals surface area contributed by atoms with Gasteiger partial charge in [-0.05, 0) is 35.1 Å². The molecular formula is C24H16F4. The van der Waals surface area contributed by atoms with Crippen molar-refractivity contribution in [2.75, 3.05) is 0 Å². The smallest absolute Gasteiger partial charge is 0.197 e. The maximum atomic E-state index is 14.6. The molecule has 3 aromatic rings. The van der Waals surface area contributed by atoms with E-state index < -0.39 is 35.1 Å². The van der Waals surface area contributed by atoms with E-state index in [9.17, 15) is 17.6 Å². The Kier molecular flexibility index (Phi) is 3.90. The van der Waals surface area contributed by atoms with Crippen molar-refractivity contribution in [1.82, 2.24) is 0 Å². The molecule has 0 aromatic heterocycles. The number of benzene rings is 3. The van der Waals surface area contributed by atoms with Crippen LogP contribution in [-0.2, 0) is 0 Å². The summed E-state index contributed by atoms with van der Waals surface area (Å²) >= 11 is 0. The first-order valence-corrected chi connectivity index (χ1v) is 9.30. The fourth-order valence-electron chi connectivity index (χ4n) is 4.89. The summed E-state index contributed by atoms with van der Waals surface area (Å²) in [6, 6.07) is 19.2. The van der Waals surface area contributed by atoms with Crippen molar-refractivity contribution in [3.63, 3.8) is 0 Å². The monoisotopic (exact) mass is 380 g/mol. The van der Waals surface area contributed by atoms with Crippen molar-refractivity contribution >= 4 is 5.57 Å². The Labute approximate surface area is 160 Å². The van der Waals surface area contributed by atoms with Gasteiger partial charge in [-0.2, -0.15) is 0 Å². The van der Waals surface area contributed by atoms with Crippen LogP contribution in [0.15, 0.2) is 66.2 Å².